The number of imidazole rings is 1. The summed E-state index contributed by atoms with van der Waals surface area (Å²) in [6.07, 6.45) is 11.1. The molecule has 1 aliphatic rings. The highest BCUT2D eigenvalue weighted by atomic mass is 16.1. The minimum atomic E-state index is -0.0969. The minimum absolute atomic E-state index is 0.0969. The van der Waals surface area contributed by atoms with Crippen molar-refractivity contribution in [1.29, 1.82) is 0 Å². The van der Waals surface area contributed by atoms with E-state index >= 15 is 0 Å². The maximum Gasteiger partial charge on any atom is 0.271 e. The topological polar surface area (TPSA) is 72.9 Å². The van der Waals surface area contributed by atoms with Crippen molar-refractivity contribution >= 4 is 5.91 Å². The summed E-state index contributed by atoms with van der Waals surface area (Å²) in [6, 6.07) is 0. The highest BCUT2D eigenvalue weighted by Gasteiger charge is 2.13. The summed E-state index contributed by atoms with van der Waals surface area (Å²) in [6.45, 7) is 1.96. The van der Waals surface area contributed by atoms with Gasteiger partial charge in [-0.15, -0.1) is 0 Å². The fourth-order valence-electron chi connectivity index (χ4n) is 2.12. The number of amides is 1. The van der Waals surface area contributed by atoms with Crippen molar-refractivity contribution in [2.24, 2.45) is 11.7 Å². The van der Waals surface area contributed by atoms with Gasteiger partial charge in [-0.3, -0.25) is 4.79 Å². The molecule has 18 heavy (non-hydrogen) atoms. The summed E-state index contributed by atoms with van der Waals surface area (Å²) in [4.78, 5) is 15.9. The molecule has 1 aromatic rings. The van der Waals surface area contributed by atoms with Gasteiger partial charge in [0.25, 0.3) is 5.91 Å². The molecule has 1 unspecified atom stereocenters. The van der Waals surface area contributed by atoms with E-state index in [1.807, 2.05) is 4.57 Å². The summed E-state index contributed by atoms with van der Waals surface area (Å²) >= 11 is 0. The maximum atomic E-state index is 11.9. The van der Waals surface area contributed by atoms with E-state index in [2.05, 4.69) is 22.5 Å². The first-order chi connectivity index (χ1) is 8.79. The number of carbonyl (C=O) groups is 1. The van der Waals surface area contributed by atoms with Crippen LogP contribution in [0.1, 0.15) is 29.8 Å². The van der Waals surface area contributed by atoms with E-state index in [9.17, 15) is 4.79 Å². The Kier molecular flexibility index (Phi) is 4.52. The van der Waals surface area contributed by atoms with Crippen LogP contribution in [0.4, 0.5) is 0 Å². The summed E-state index contributed by atoms with van der Waals surface area (Å²) in [7, 11) is 0. The van der Waals surface area contributed by atoms with E-state index in [0.717, 1.165) is 25.8 Å². The monoisotopic (exact) mass is 248 g/mol. The number of carbonyl (C=O) groups excluding carboxylic acids is 1. The Balaban J connectivity index is 1.81. The zero-order valence-electron chi connectivity index (χ0n) is 10.5. The fraction of sp³-hybridized carbons (Fsp3) is 0.538. The molecular weight excluding hydrogens is 228 g/mol. The van der Waals surface area contributed by atoms with Gasteiger partial charge in [0.15, 0.2) is 0 Å². The molecule has 0 saturated carbocycles. The van der Waals surface area contributed by atoms with E-state index in [0.29, 0.717) is 24.7 Å². The molecule has 0 spiro atoms. The van der Waals surface area contributed by atoms with E-state index in [1.165, 1.54) is 0 Å². The largest absolute Gasteiger partial charge is 0.350 e. The van der Waals surface area contributed by atoms with Gasteiger partial charge < -0.3 is 15.6 Å². The summed E-state index contributed by atoms with van der Waals surface area (Å²) < 4.78 is 1.83. The van der Waals surface area contributed by atoms with Gasteiger partial charge in [0, 0.05) is 25.8 Å². The Morgan fingerprint density at radius 1 is 1.56 bits per heavy atom. The quantitative estimate of drug-likeness (QED) is 0.761. The molecule has 5 heteroatoms. The lowest BCUT2D eigenvalue weighted by Gasteiger charge is -2.17. The van der Waals surface area contributed by atoms with E-state index in [-0.39, 0.29) is 5.91 Å². The minimum Gasteiger partial charge on any atom is -0.350 e. The van der Waals surface area contributed by atoms with Crippen LogP contribution in [0.15, 0.2) is 24.7 Å². The molecule has 3 N–H and O–H groups in total. The number of allylic oxidation sites excluding steroid dienone is 2. The molecule has 1 heterocycles. The van der Waals surface area contributed by atoms with Crippen molar-refractivity contribution in [3.63, 3.8) is 0 Å². The molecule has 0 aromatic carbocycles. The van der Waals surface area contributed by atoms with Crippen LogP contribution in [0.25, 0.3) is 0 Å². The predicted octanol–water partition coefficient (Wildman–Crippen LogP) is 0.928. The molecule has 2 rings (SSSR count). The Morgan fingerprint density at radius 3 is 3.17 bits per heavy atom. The molecule has 1 aliphatic carbocycles. The predicted molar refractivity (Wildman–Crippen MR) is 70.1 cm³/mol. The highest BCUT2D eigenvalue weighted by Crippen LogP contribution is 2.16. The Bertz CT molecular complexity index is 424. The molecule has 0 radical (unpaired) electrons. The zero-order chi connectivity index (χ0) is 12.8. The van der Waals surface area contributed by atoms with Crippen LogP contribution in [0, 0.1) is 5.92 Å². The second-order valence-corrected chi connectivity index (χ2v) is 4.65. The van der Waals surface area contributed by atoms with E-state index in [1.54, 1.807) is 12.5 Å². The Labute approximate surface area is 107 Å². The van der Waals surface area contributed by atoms with Gasteiger partial charge in [-0.1, -0.05) is 12.2 Å². The SMILES string of the molecule is NCCn1cnc(C(=O)NCC2CC=CCC2)c1. The van der Waals surface area contributed by atoms with Crippen molar-refractivity contribution < 1.29 is 4.79 Å². The van der Waals surface area contributed by atoms with Gasteiger partial charge in [0.1, 0.15) is 5.69 Å². The third-order valence-electron chi connectivity index (χ3n) is 3.18. The fourth-order valence-corrected chi connectivity index (χ4v) is 2.12. The number of nitrogens with zero attached hydrogens (tertiary/aromatic N) is 2. The second-order valence-electron chi connectivity index (χ2n) is 4.65. The smallest absolute Gasteiger partial charge is 0.271 e. The van der Waals surface area contributed by atoms with Crippen LogP contribution in [0.5, 0.6) is 0 Å². The number of nitrogens with one attached hydrogen (secondary N) is 1. The van der Waals surface area contributed by atoms with E-state index < -0.39 is 0 Å². The van der Waals surface area contributed by atoms with Gasteiger partial charge in [-0.2, -0.15) is 0 Å². The van der Waals surface area contributed by atoms with Gasteiger partial charge in [-0.25, -0.2) is 4.98 Å². The average molecular weight is 248 g/mol. The molecule has 98 valence electrons. The molecule has 0 bridgehead atoms. The summed E-state index contributed by atoms with van der Waals surface area (Å²) in [5.74, 6) is 0.463. The Hall–Kier alpha value is -1.62. The van der Waals surface area contributed by atoms with Crippen molar-refractivity contribution in [3.05, 3.63) is 30.4 Å². The van der Waals surface area contributed by atoms with Gasteiger partial charge in [0.2, 0.25) is 0 Å². The lowest BCUT2D eigenvalue weighted by molar-refractivity contribution is 0.0941. The van der Waals surface area contributed by atoms with Crippen LogP contribution >= 0.6 is 0 Å². The van der Waals surface area contributed by atoms with Gasteiger partial charge in [0.05, 0.1) is 6.33 Å². The lowest BCUT2D eigenvalue weighted by Crippen LogP contribution is -2.29. The number of hydrogen-bond donors (Lipinski definition) is 2. The van der Waals surface area contributed by atoms with Crippen LogP contribution in [-0.2, 0) is 6.54 Å². The standard InChI is InChI=1S/C13H20N4O/c14-6-7-17-9-12(16-10-17)13(18)15-8-11-4-2-1-3-5-11/h1-2,9-11H,3-8,14H2,(H,15,18). The van der Waals surface area contributed by atoms with Crippen LogP contribution in [0.3, 0.4) is 0 Å². The normalized spacial score (nSPS) is 18.8. The van der Waals surface area contributed by atoms with Crippen molar-refractivity contribution in [1.82, 2.24) is 14.9 Å². The van der Waals surface area contributed by atoms with Gasteiger partial charge in [-0.05, 0) is 25.2 Å². The highest BCUT2D eigenvalue weighted by molar-refractivity contribution is 5.91. The first-order valence-electron chi connectivity index (χ1n) is 6.44. The molecule has 1 atom stereocenters. The van der Waals surface area contributed by atoms with Crippen LogP contribution in [-0.4, -0.2) is 28.5 Å². The molecule has 0 aliphatic heterocycles. The van der Waals surface area contributed by atoms with Gasteiger partial charge >= 0.3 is 0 Å². The maximum absolute atomic E-state index is 11.9. The van der Waals surface area contributed by atoms with Crippen LogP contribution < -0.4 is 11.1 Å². The zero-order valence-corrected chi connectivity index (χ0v) is 10.5. The van der Waals surface area contributed by atoms with Crippen molar-refractivity contribution in [2.45, 2.75) is 25.8 Å². The number of aromatic nitrogens is 2. The van der Waals surface area contributed by atoms with Crippen molar-refractivity contribution in [2.75, 3.05) is 13.1 Å². The number of nitrogens with two attached hydrogens (primary N) is 1. The third kappa shape index (κ3) is 3.43. The molecular formula is C13H20N4O. The molecule has 0 saturated heterocycles. The summed E-state index contributed by atoms with van der Waals surface area (Å²) in [5, 5.41) is 2.94. The van der Waals surface area contributed by atoms with Crippen LogP contribution in [0.2, 0.25) is 0 Å². The van der Waals surface area contributed by atoms with Crippen molar-refractivity contribution in [3.8, 4) is 0 Å². The first-order valence-corrected chi connectivity index (χ1v) is 6.44. The average Bonchev–Trinajstić information content (AvgIpc) is 2.86. The lowest BCUT2D eigenvalue weighted by atomic mass is 9.94. The first kappa shape index (κ1) is 12.8. The molecule has 1 amide bonds. The summed E-state index contributed by atoms with van der Waals surface area (Å²) in [5.41, 5.74) is 5.91. The molecule has 0 fully saturated rings. The second kappa shape index (κ2) is 6.35. The number of hydrogen-bond acceptors (Lipinski definition) is 3. The molecule has 1 aromatic heterocycles. The third-order valence-corrected chi connectivity index (χ3v) is 3.18. The number of rotatable bonds is 5. The van der Waals surface area contributed by atoms with E-state index in [4.69, 9.17) is 5.73 Å². The Morgan fingerprint density at radius 2 is 2.44 bits per heavy atom. The molecule has 5 nitrogen and oxygen atoms in total.